The molecule has 1 heterocycles. The third kappa shape index (κ3) is 31.6. The van der Waals surface area contributed by atoms with Gasteiger partial charge in [0.15, 0.2) is 6.29 Å². The van der Waals surface area contributed by atoms with E-state index in [1.807, 2.05) is 0 Å². The maximum absolute atomic E-state index is 12.8. The Hall–Kier alpha value is -0.810. The third-order valence-electron chi connectivity index (χ3n) is 12.7. The van der Waals surface area contributed by atoms with Crippen LogP contribution in [0.4, 0.5) is 0 Å². The van der Waals surface area contributed by atoms with E-state index in [9.17, 15) is 30.3 Å². The van der Waals surface area contributed by atoms with Crippen molar-refractivity contribution < 1.29 is 39.8 Å². The van der Waals surface area contributed by atoms with E-state index in [0.717, 1.165) is 38.5 Å². The first kappa shape index (κ1) is 56.2. The highest BCUT2D eigenvalue weighted by Crippen LogP contribution is 2.23. The first-order valence-electron chi connectivity index (χ1n) is 25.7. The van der Waals surface area contributed by atoms with Gasteiger partial charge in [0, 0.05) is 6.42 Å². The van der Waals surface area contributed by atoms with Crippen molar-refractivity contribution in [2.24, 2.45) is 0 Å². The van der Waals surface area contributed by atoms with Gasteiger partial charge in [-0.05, 0) is 12.8 Å². The number of carbonyl (C=O) groups is 1. The molecule has 0 radical (unpaired) electrons. The summed E-state index contributed by atoms with van der Waals surface area (Å²) in [5.74, 6) is -0.150. The SMILES string of the molecule is CCCCCCCCCCCCCCCCCCCCCCCCCCCCCCCCC(O)C(COC1OC(CO)C(O)C(O)C1O)NC(=O)CCCCCCCC. The lowest BCUT2D eigenvalue weighted by Crippen LogP contribution is -2.60. The van der Waals surface area contributed by atoms with Crippen LogP contribution in [0.15, 0.2) is 0 Å². The highest BCUT2D eigenvalue weighted by Gasteiger charge is 2.44. The number of hydrogen-bond acceptors (Lipinski definition) is 8. The quantitative estimate of drug-likeness (QED) is 0.0332. The van der Waals surface area contributed by atoms with Crippen LogP contribution in [0.5, 0.6) is 0 Å². The number of amides is 1. The molecule has 1 saturated heterocycles. The Morgan fingerprint density at radius 3 is 1.20 bits per heavy atom. The molecule has 7 unspecified atom stereocenters. The van der Waals surface area contributed by atoms with Crippen molar-refractivity contribution in [2.75, 3.05) is 13.2 Å². The van der Waals surface area contributed by atoms with Crippen LogP contribution < -0.4 is 5.32 Å². The zero-order valence-electron chi connectivity index (χ0n) is 38.8. The van der Waals surface area contributed by atoms with Gasteiger partial charge in [-0.15, -0.1) is 0 Å². The second-order valence-electron chi connectivity index (χ2n) is 18.3. The monoisotopic (exact) mass is 842 g/mol. The van der Waals surface area contributed by atoms with Gasteiger partial charge in [0.1, 0.15) is 24.4 Å². The van der Waals surface area contributed by atoms with Crippen molar-refractivity contribution in [2.45, 2.75) is 301 Å². The van der Waals surface area contributed by atoms with Crippen LogP contribution in [0, 0.1) is 0 Å². The summed E-state index contributed by atoms with van der Waals surface area (Å²) in [6.45, 7) is 3.79. The number of carbonyl (C=O) groups excluding carboxylic acids is 1. The van der Waals surface area contributed by atoms with Gasteiger partial charge in [0.2, 0.25) is 5.91 Å². The van der Waals surface area contributed by atoms with Crippen molar-refractivity contribution in [1.82, 2.24) is 5.32 Å². The molecule has 0 saturated carbocycles. The first-order chi connectivity index (χ1) is 28.8. The molecule has 0 aromatic rings. The van der Waals surface area contributed by atoms with Crippen molar-refractivity contribution in [3.05, 3.63) is 0 Å². The molecule has 0 aliphatic carbocycles. The number of ether oxygens (including phenoxy) is 2. The van der Waals surface area contributed by atoms with Crippen LogP contribution >= 0.6 is 0 Å². The van der Waals surface area contributed by atoms with Crippen LogP contribution in [-0.4, -0.2) is 87.5 Å². The molecule has 1 amide bonds. The number of nitrogens with one attached hydrogen (secondary N) is 1. The Balaban J connectivity index is 2.05. The van der Waals surface area contributed by atoms with Gasteiger partial charge < -0.3 is 40.3 Å². The van der Waals surface area contributed by atoms with Crippen molar-refractivity contribution >= 4 is 5.91 Å². The molecule has 0 aromatic heterocycles. The van der Waals surface area contributed by atoms with E-state index in [2.05, 4.69) is 19.2 Å². The minimum Gasteiger partial charge on any atom is -0.394 e. The van der Waals surface area contributed by atoms with Gasteiger partial charge in [-0.2, -0.15) is 0 Å². The van der Waals surface area contributed by atoms with E-state index in [-0.39, 0.29) is 12.5 Å². The molecule has 9 heteroatoms. The molecule has 352 valence electrons. The van der Waals surface area contributed by atoms with Crippen molar-refractivity contribution in [1.29, 1.82) is 0 Å². The van der Waals surface area contributed by atoms with Gasteiger partial charge in [0.05, 0.1) is 25.4 Å². The van der Waals surface area contributed by atoms with E-state index < -0.39 is 49.5 Å². The van der Waals surface area contributed by atoms with Gasteiger partial charge in [0.25, 0.3) is 0 Å². The average molecular weight is 842 g/mol. The highest BCUT2D eigenvalue weighted by molar-refractivity contribution is 5.76. The van der Waals surface area contributed by atoms with Crippen LogP contribution in [0.1, 0.15) is 258 Å². The molecular formula is C50H99NO8. The number of rotatable bonds is 44. The molecule has 59 heavy (non-hydrogen) atoms. The number of unbranched alkanes of at least 4 members (excludes halogenated alkanes) is 34. The molecule has 0 bridgehead atoms. The summed E-state index contributed by atoms with van der Waals surface area (Å²) in [6, 6.07) is -0.710. The summed E-state index contributed by atoms with van der Waals surface area (Å²) < 4.78 is 11.2. The molecule has 9 nitrogen and oxygen atoms in total. The molecule has 1 aliphatic heterocycles. The summed E-state index contributed by atoms with van der Waals surface area (Å²) in [6.07, 6.45) is 40.4. The van der Waals surface area contributed by atoms with Crippen LogP contribution in [-0.2, 0) is 14.3 Å². The Bertz CT molecular complexity index is 893. The minimum absolute atomic E-state index is 0.133. The number of hydrogen-bond donors (Lipinski definition) is 6. The average Bonchev–Trinajstić information content (AvgIpc) is 3.23. The molecular weight excluding hydrogens is 743 g/mol. The second-order valence-corrected chi connectivity index (χ2v) is 18.3. The molecule has 0 aromatic carbocycles. The molecule has 1 aliphatic rings. The smallest absolute Gasteiger partial charge is 0.220 e. The lowest BCUT2D eigenvalue weighted by molar-refractivity contribution is -0.302. The fourth-order valence-corrected chi connectivity index (χ4v) is 8.58. The summed E-state index contributed by atoms with van der Waals surface area (Å²) in [5.41, 5.74) is 0. The first-order valence-corrected chi connectivity index (χ1v) is 25.7. The zero-order chi connectivity index (χ0) is 43.0. The Morgan fingerprint density at radius 2 is 0.847 bits per heavy atom. The van der Waals surface area contributed by atoms with Crippen molar-refractivity contribution in [3.63, 3.8) is 0 Å². The minimum atomic E-state index is -1.55. The van der Waals surface area contributed by atoms with Gasteiger partial charge in [-0.3, -0.25) is 4.79 Å². The largest absolute Gasteiger partial charge is 0.394 e. The predicted octanol–water partition coefficient (Wildman–Crippen LogP) is 11.5. The van der Waals surface area contributed by atoms with Gasteiger partial charge in [-0.1, -0.05) is 239 Å². The molecule has 1 fully saturated rings. The Morgan fingerprint density at radius 1 is 0.508 bits per heavy atom. The fraction of sp³-hybridized carbons (Fsp3) is 0.980. The molecule has 1 rings (SSSR count). The highest BCUT2D eigenvalue weighted by atomic mass is 16.7. The van der Waals surface area contributed by atoms with E-state index in [0.29, 0.717) is 12.8 Å². The van der Waals surface area contributed by atoms with E-state index >= 15 is 0 Å². The summed E-state index contributed by atoms with van der Waals surface area (Å²) in [5, 5.41) is 54.2. The molecule has 6 N–H and O–H groups in total. The maximum Gasteiger partial charge on any atom is 0.220 e. The standard InChI is InChI=1S/C50H99NO8/c1-3-5-7-9-11-12-13-14-15-16-17-18-19-20-21-22-23-24-25-26-27-28-29-30-31-32-33-34-35-37-39-44(53)43(51-46(54)40-38-36-10-8-6-4-2)42-58-50-49(57)48(56)47(55)45(41-52)59-50/h43-45,47-50,52-53,55-57H,3-42H2,1-2H3,(H,51,54). The normalized spacial score (nSPS) is 20.6. The summed E-state index contributed by atoms with van der Waals surface area (Å²) >= 11 is 0. The van der Waals surface area contributed by atoms with Gasteiger partial charge >= 0.3 is 0 Å². The zero-order valence-corrected chi connectivity index (χ0v) is 38.8. The summed E-state index contributed by atoms with van der Waals surface area (Å²) in [7, 11) is 0. The van der Waals surface area contributed by atoms with Crippen LogP contribution in [0.3, 0.4) is 0 Å². The molecule has 7 atom stereocenters. The Kier molecular flexibility index (Phi) is 39.3. The molecule has 0 spiro atoms. The summed E-state index contributed by atoms with van der Waals surface area (Å²) in [4.78, 5) is 12.8. The van der Waals surface area contributed by atoms with Crippen LogP contribution in [0.2, 0.25) is 0 Å². The second kappa shape index (κ2) is 41.2. The Labute approximate surface area is 364 Å². The lowest BCUT2D eigenvalue weighted by Gasteiger charge is -2.40. The maximum atomic E-state index is 12.8. The third-order valence-corrected chi connectivity index (χ3v) is 12.7. The van der Waals surface area contributed by atoms with Gasteiger partial charge in [-0.25, -0.2) is 0 Å². The predicted molar refractivity (Wildman–Crippen MR) is 244 cm³/mol. The lowest BCUT2D eigenvalue weighted by atomic mass is 9.99. The topological polar surface area (TPSA) is 149 Å². The van der Waals surface area contributed by atoms with Crippen LogP contribution in [0.25, 0.3) is 0 Å². The van der Waals surface area contributed by atoms with E-state index in [4.69, 9.17) is 9.47 Å². The van der Waals surface area contributed by atoms with Crippen molar-refractivity contribution in [3.8, 4) is 0 Å². The fourth-order valence-electron chi connectivity index (χ4n) is 8.58. The number of aliphatic hydroxyl groups excluding tert-OH is 5. The number of aliphatic hydroxyl groups is 5. The van der Waals surface area contributed by atoms with E-state index in [1.165, 1.54) is 193 Å². The van der Waals surface area contributed by atoms with E-state index in [1.54, 1.807) is 0 Å².